The van der Waals surface area contributed by atoms with Gasteiger partial charge in [0.05, 0.1) is 11.1 Å². The van der Waals surface area contributed by atoms with E-state index in [-0.39, 0.29) is 16.3 Å². The summed E-state index contributed by atoms with van der Waals surface area (Å²) in [5, 5.41) is 2.23. The smallest absolute Gasteiger partial charge is 0.348 e. The van der Waals surface area contributed by atoms with Crippen LogP contribution < -0.4 is 5.32 Å². The Hall–Kier alpha value is -1.67. The van der Waals surface area contributed by atoms with E-state index in [0.29, 0.717) is 10.5 Å². The number of hydrogen-bond acceptors (Lipinski definition) is 2. The van der Waals surface area contributed by atoms with E-state index in [1.54, 1.807) is 0 Å². The van der Waals surface area contributed by atoms with E-state index in [2.05, 4.69) is 26.2 Å². The fraction of sp³-hybridized carbons (Fsp3) is 0.143. The first-order valence-corrected chi connectivity index (χ1v) is 7.30. The van der Waals surface area contributed by atoms with Gasteiger partial charge in [-0.15, -0.1) is 0 Å². The molecule has 3 nitrogen and oxygen atoms in total. The van der Waals surface area contributed by atoms with Crippen LogP contribution in [-0.4, -0.2) is 10.9 Å². The molecule has 2 aromatic rings. The van der Waals surface area contributed by atoms with Crippen LogP contribution in [0.4, 0.5) is 17.6 Å². The van der Waals surface area contributed by atoms with Crippen molar-refractivity contribution in [3.63, 3.8) is 0 Å². The standard InChI is InChI=1S/C14H8BrClF4N2O/c15-8-3-10(12(16)21-6-8)13(23)22-5-7-1-2-9(17)4-11(7)14(18,19)20/h1-4,6H,5H2,(H,22,23). The van der Waals surface area contributed by atoms with E-state index in [4.69, 9.17) is 11.6 Å². The predicted molar refractivity (Wildman–Crippen MR) is 79.5 cm³/mol. The van der Waals surface area contributed by atoms with Gasteiger partial charge >= 0.3 is 6.18 Å². The highest BCUT2D eigenvalue weighted by molar-refractivity contribution is 9.10. The Balaban J connectivity index is 2.21. The van der Waals surface area contributed by atoms with Gasteiger partial charge in [-0.3, -0.25) is 4.79 Å². The van der Waals surface area contributed by atoms with E-state index in [1.807, 2.05) is 0 Å². The molecule has 1 N–H and O–H groups in total. The highest BCUT2D eigenvalue weighted by Gasteiger charge is 2.33. The molecule has 1 aromatic carbocycles. The Bertz CT molecular complexity index is 752. The molecule has 23 heavy (non-hydrogen) atoms. The molecule has 2 rings (SSSR count). The van der Waals surface area contributed by atoms with Gasteiger partial charge in [-0.1, -0.05) is 17.7 Å². The van der Waals surface area contributed by atoms with Crippen molar-refractivity contribution in [2.75, 3.05) is 0 Å². The maximum atomic E-state index is 13.0. The molecular formula is C14H8BrClF4N2O. The number of pyridine rings is 1. The maximum Gasteiger partial charge on any atom is 0.416 e. The second-order valence-electron chi connectivity index (χ2n) is 4.47. The van der Waals surface area contributed by atoms with Gasteiger partial charge in [-0.05, 0) is 39.7 Å². The van der Waals surface area contributed by atoms with E-state index in [1.165, 1.54) is 12.3 Å². The van der Waals surface area contributed by atoms with Crippen LogP contribution in [0.15, 0.2) is 34.9 Å². The SMILES string of the molecule is O=C(NCc1ccc(F)cc1C(F)(F)F)c1cc(Br)cnc1Cl. The fourth-order valence-electron chi connectivity index (χ4n) is 1.82. The number of rotatable bonds is 3. The first kappa shape index (κ1) is 17.7. The average Bonchev–Trinajstić information content (AvgIpc) is 2.47. The Kier molecular flexibility index (Phi) is 5.26. The number of amides is 1. The van der Waals surface area contributed by atoms with Gasteiger partial charge in [-0.25, -0.2) is 9.37 Å². The molecule has 1 heterocycles. The molecule has 0 bridgehead atoms. The molecule has 122 valence electrons. The molecule has 0 atom stereocenters. The molecular weight excluding hydrogens is 404 g/mol. The summed E-state index contributed by atoms with van der Waals surface area (Å²) in [6, 6.07) is 3.64. The monoisotopic (exact) mass is 410 g/mol. The molecule has 9 heteroatoms. The van der Waals surface area contributed by atoms with Gasteiger partial charge in [0.25, 0.3) is 5.91 Å². The summed E-state index contributed by atoms with van der Waals surface area (Å²) < 4.78 is 52.1. The van der Waals surface area contributed by atoms with Crippen molar-refractivity contribution in [3.8, 4) is 0 Å². The van der Waals surface area contributed by atoms with Crippen molar-refractivity contribution >= 4 is 33.4 Å². The molecule has 1 amide bonds. The number of hydrogen-bond donors (Lipinski definition) is 1. The Morgan fingerprint density at radius 2 is 2.00 bits per heavy atom. The van der Waals surface area contributed by atoms with Crippen molar-refractivity contribution < 1.29 is 22.4 Å². The number of nitrogens with zero attached hydrogens (tertiary/aromatic N) is 1. The summed E-state index contributed by atoms with van der Waals surface area (Å²) in [5.41, 5.74) is -1.39. The van der Waals surface area contributed by atoms with Crippen molar-refractivity contribution in [2.24, 2.45) is 0 Å². The second kappa shape index (κ2) is 6.84. The first-order valence-electron chi connectivity index (χ1n) is 6.13. The second-order valence-corrected chi connectivity index (χ2v) is 5.75. The Labute approximate surface area is 141 Å². The number of carbonyl (C=O) groups is 1. The van der Waals surface area contributed by atoms with Crippen molar-refractivity contribution in [1.82, 2.24) is 10.3 Å². The topological polar surface area (TPSA) is 42.0 Å². The van der Waals surface area contributed by atoms with Crippen LogP contribution >= 0.6 is 27.5 Å². The molecule has 0 radical (unpaired) electrons. The first-order chi connectivity index (χ1) is 10.7. The molecule has 0 saturated carbocycles. The third-order valence-corrected chi connectivity index (χ3v) is 3.60. The summed E-state index contributed by atoms with van der Waals surface area (Å²) in [4.78, 5) is 15.8. The largest absolute Gasteiger partial charge is 0.416 e. The molecule has 0 aliphatic rings. The van der Waals surface area contributed by atoms with Crippen molar-refractivity contribution in [2.45, 2.75) is 12.7 Å². The van der Waals surface area contributed by atoms with Crippen molar-refractivity contribution in [1.29, 1.82) is 0 Å². The van der Waals surface area contributed by atoms with Crippen LogP contribution in [0.5, 0.6) is 0 Å². The zero-order valence-corrected chi connectivity index (χ0v) is 13.6. The van der Waals surface area contributed by atoms with Gasteiger partial charge in [0, 0.05) is 17.2 Å². The van der Waals surface area contributed by atoms with Gasteiger partial charge in [0.1, 0.15) is 11.0 Å². The lowest BCUT2D eigenvalue weighted by molar-refractivity contribution is -0.138. The minimum absolute atomic E-state index is 0.0108. The molecule has 0 unspecified atom stereocenters. The zero-order chi connectivity index (χ0) is 17.2. The molecule has 0 fully saturated rings. The normalized spacial score (nSPS) is 11.4. The van der Waals surface area contributed by atoms with E-state index < -0.39 is 30.0 Å². The highest BCUT2D eigenvalue weighted by Crippen LogP contribution is 2.32. The number of nitrogens with one attached hydrogen (secondary N) is 1. The van der Waals surface area contributed by atoms with Gasteiger partial charge in [0.15, 0.2) is 0 Å². The lowest BCUT2D eigenvalue weighted by atomic mass is 10.1. The lowest BCUT2D eigenvalue weighted by Crippen LogP contribution is -2.25. The van der Waals surface area contributed by atoms with Crippen molar-refractivity contribution in [3.05, 3.63) is 62.6 Å². The zero-order valence-electron chi connectivity index (χ0n) is 11.2. The van der Waals surface area contributed by atoms with Gasteiger partial charge in [0.2, 0.25) is 0 Å². The molecule has 1 aromatic heterocycles. The number of benzene rings is 1. The predicted octanol–water partition coefficient (Wildman–Crippen LogP) is 4.59. The summed E-state index contributed by atoms with van der Waals surface area (Å²) in [6.07, 6.45) is -3.35. The lowest BCUT2D eigenvalue weighted by Gasteiger charge is -2.14. The van der Waals surface area contributed by atoms with E-state index in [9.17, 15) is 22.4 Å². The molecule has 0 aliphatic carbocycles. The molecule has 0 aliphatic heterocycles. The van der Waals surface area contributed by atoms with E-state index in [0.717, 1.165) is 12.1 Å². The number of carbonyl (C=O) groups excluding carboxylic acids is 1. The summed E-state index contributed by atoms with van der Waals surface area (Å²) in [6.45, 7) is -0.434. The third-order valence-electron chi connectivity index (χ3n) is 2.87. The van der Waals surface area contributed by atoms with Crippen LogP contribution in [0.25, 0.3) is 0 Å². The minimum Gasteiger partial charge on any atom is -0.348 e. The highest BCUT2D eigenvalue weighted by atomic mass is 79.9. The van der Waals surface area contributed by atoms with Gasteiger partial charge < -0.3 is 5.32 Å². The van der Waals surface area contributed by atoms with Crippen LogP contribution in [-0.2, 0) is 12.7 Å². The fourth-order valence-corrected chi connectivity index (χ4v) is 2.34. The molecule has 0 spiro atoms. The van der Waals surface area contributed by atoms with Crippen LogP contribution in [0.3, 0.4) is 0 Å². The quantitative estimate of drug-likeness (QED) is 0.593. The summed E-state index contributed by atoms with van der Waals surface area (Å²) in [5.74, 6) is -1.70. The summed E-state index contributed by atoms with van der Waals surface area (Å²) in [7, 11) is 0. The Morgan fingerprint density at radius 3 is 2.65 bits per heavy atom. The van der Waals surface area contributed by atoms with E-state index >= 15 is 0 Å². The maximum absolute atomic E-state index is 13.0. The number of alkyl halides is 3. The number of aromatic nitrogens is 1. The Morgan fingerprint density at radius 1 is 1.30 bits per heavy atom. The average molecular weight is 412 g/mol. The number of halogens is 6. The molecule has 0 saturated heterocycles. The van der Waals surface area contributed by atoms with Crippen LogP contribution in [0.1, 0.15) is 21.5 Å². The van der Waals surface area contributed by atoms with Gasteiger partial charge in [-0.2, -0.15) is 13.2 Å². The van der Waals surface area contributed by atoms with Crippen LogP contribution in [0, 0.1) is 5.82 Å². The van der Waals surface area contributed by atoms with Crippen LogP contribution in [0.2, 0.25) is 5.15 Å². The summed E-state index contributed by atoms with van der Waals surface area (Å²) >= 11 is 8.89. The minimum atomic E-state index is -4.73. The third kappa shape index (κ3) is 4.42.